The second-order valence-electron chi connectivity index (χ2n) is 5.62. The van der Waals surface area contributed by atoms with Gasteiger partial charge in [-0.3, -0.25) is 9.59 Å². The molecule has 0 saturated carbocycles. The SMILES string of the molecule is CC(C)(C)NC(=O)CCN1CCCC(N)C1=O. The van der Waals surface area contributed by atoms with Crippen molar-refractivity contribution in [2.45, 2.75) is 51.6 Å². The van der Waals surface area contributed by atoms with Crippen LogP contribution in [0.3, 0.4) is 0 Å². The van der Waals surface area contributed by atoms with E-state index in [0.717, 1.165) is 19.4 Å². The van der Waals surface area contributed by atoms with Crippen LogP contribution >= 0.6 is 0 Å². The van der Waals surface area contributed by atoms with Crippen molar-refractivity contribution in [1.29, 1.82) is 0 Å². The largest absolute Gasteiger partial charge is 0.351 e. The van der Waals surface area contributed by atoms with E-state index in [0.29, 0.717) is 13.0 Å². The van der Waals surface area contributed by atoms with Gasteiger partial charge >= 0.3 is 0 Å². The van der Waals surface area contributed by atoms with Crippen LogP contribution in [-0.2, 0) is 9.59 Å². The highest BCUT2D eigenvalue weighted by Crippen LogP contribution is 2.10. The molecule has 0 aromatic heterocycles. The lowest BCUT2D eigenvalue weighted by atomic mass is 10.1. The minimum atomic E-state index is -0.380. The first-order valence-corrected chi connectivity index (χ1v) is 6.15. The highest BCUT2D eigenvalue weighted by Gasteiger charge is 2.25. The molecule has 0 radical (unpaired) electrons. The molecular formula is C12H23N3O2. The highest BCUT2D eigenvalue weighted by atomic mass is 16.2. The van der Waals surface area contributed by atoms with Crippen LogP contribution in [0.4, 0.5) is 0 Å². The molecule has 98 valence electrons. The minimum Gasteiger partial charge on any atom is -0.351 e. The standard InChI is InChI=1S/C12H23N3O2/c1-12(2,3)14-10(16)6-8-15-7-4-5-9(13)11(15)17/h9H,4-8,13H2,1-3H3,(H,14,16). The third-order valence-corrected chi connectivity index (χ3v) is 2.70. The molecule has 0 bridgehead atoms. The molecule has 1 fully saturated rings. The molecule has 0 spiro atoms. The molecule has 2 amide bonds. The van der Waals surface area contributed by atoms with E-state index in [-0.39, 0.29) is 23.4 Å². The van der Waals surface area contributed by atoms with E-state index in [1.807, 2.05) is 20.8 Å². The average Bonchev–Trinajstić information content (AvgIpc) is 2.18. The van der Waals surface area contributed by atoms with E-state index in [9.17, 15) is 9.59 Å². The number of amides is 2. The van der Waals surface area contributed by atoms with Crippen molar-refractivity contribution in [2.24, 2.45) is 5.73 Å². The highest BCUT2D eigenvalue weighted by molar-refractivity contribution is 5.83. The van der Waals surface area contributed by atoms with Gasteiger partial charge in [0, 0.05) is 25.0 Å². The molecule has 5 nitrogen and oxygen atoms in total. The van der Waals surface area contributed by atoms with Gasteiger partial charge in [-0.05, 0) is 33.6 Å². The Morgan fingerprint density at radius 3 is 2.76 bits per heavy atom. The van der Waals surface area contributed by atoms with Gasteiger partial charge in [0.15, 0.2) is 0 Å². The van der Waals surface area contributed by atoms with Gasteiger partial charge in [-0.1, -0.05) is 0 Å². The summed E-state index contributed by atoms with van der Waals surface area (Å²) >= 11 is 0. The van der Waals surface area contributed by atoms with Crippen LogP contribution in [0.15, 0.2) is 0 Å². The lowest BCUT2D eigenvalue weighted by Crippen LogP contribution is -2.49. The summed E-state index contributed by atoms with van der Waals surface area (Å²) in [5.74, 6) is -0.0516. The summed E-state index contributed by atoms with van der Waals surface area (Å²) < 4.78 is 0. The minimum absolute atomic E-state index is 0.0237. The summed E-state index contributed by atoms with van der Waals surface area (Å²) in [7, 11) is 0. The molecule has 3 N–H and O–H groups in total. The Morgan fingerprint density at radius 2 is 2.18 bits per heavy atom. The zero-order valence-electron chi connectivity index (χ0n) is 11.0. The Labute approximate surface area is 103 Å². The molecular weight excluding hydrogens is 218 g/mol. The van der Waals surface area contributed by atoms with Gasteiger partial charge in [0.25, 0.3) is 0 Å². The molecule has 1 rings (SSSR count). The lowest BCUT2D eigenvalue weighted by molar-refractivity contribution is -0.135. The predicted octanol–water partition coefficient (Wildman–Crippen LogP) is 0.241. The fourth-order valence-corrected chi connectivity index (χ4v) is 1.91. The Hall–Kier alpha value is -1.10. The molecule has 0 aromatic rings. The Kier molecular flexibility index (Phi) is 4.51. The zero-order valence-corrected chi connectivity index (χ0v) is 11.0. The summed E-state index contributed by atoms with van der Waals surface area (Å²) in [5.41, 5.74) is 5.46. The van der Waals surface area contributed by atoms with Gasteiger partial charge in [0.05, 0.1) is 6.04 Å². The van der Waals surface area contributed by atoms with Crippen LogP contribution in [0.1, 0.15) is 40.0 Å². The summed E-state index contributed by atoms with van der Waals surface area (Å²) in [6.45, 7) is 7.00. The number of rotatable bonds is 3. The average molecular weight is 241 g/mol. The number of hydrogen-bond donors (Lipinski definition) is 2. The van der Waals surface area contributed by atoms with Gasteiger partial charge in [-0.2, -0.15) is 0 Å². The summed E-state index contributed by atoms with van der Waals surface area (Å²) in [5, 5.41) is 2.88. The fraction of sp³-hybridized carbons (Fsp3) is 0.833. The number of piperidine rings is 1. The van der Waals surface area contributed by atoms with Crippen molar-refractivity contribution in [3.8, 4) is 0 Å². The number of carbonyl (C=O) groups excluding carboxylic acids is 2. The third-order valence-electron chi connectivity index (χ3n) is 2.70. The number of nitrogens with zero attached hydrogens (tertiary/aromatic N) is 1. The molecule has 5 heteroatoms. The van der Waals surface area contributed by atoms with Crippen LogP contribution < -0.4 is 11.1 Å². The normalized spacial score (nSPS) is 21.5. The van der Waals surface area contributed by atoms with Crippen LogP contribution in [0.25, 0.3) is 0 Å². The Balaban J connectivity index is 2.35. The maximum Gasteiger partial charge on any atom is 0.239 e. The van der Waals surface area contributed by atoms with Crippen molar-refractivity contribution in [1.82, 2.24) is 10.2 Å². The van der Waals surface area contributed by atoms with Gasteiger partial charge in [-0.15, -0.1) is 0 Å². The second kappa shape index (κ2) is 5.49. The summed E-state index contributed by atoms with van der Waals surface area (Å²) in [4.78, 5) is 25.0. The van der Waals surface area contributed by atoms with E-state index in [1.165, 1.54) is 0 Å². The van der Waals surface area contributed by atoms with E-state index < -0.39 is 0 Å². The maximum absolute atomic E-state index is 11.7. The van der Waals surface area contributed by atoms with Crippen LogP contribution in [0, 0.1) is 0 Å². The van der Waals surface area contributed by atoms with E-state index >= 15 is 0 Å². The molecule has 1 aliphatic heterocycles. The number of hydrogen-bond acceptors (Lipinski definition) is 3. The quantitative estimate of drug-likeness (QED) is 0.743. The molecule has 1 heterocycles. The number of carbonyl (C=O) groups is 2. The first-order valence-electron chi connectivity index (χ1n) is 6.15. The number of nitrogens with one attached hydrogen (secondary N) is 1. The molecule has 0 aromatic carbocycles. The molecule has 1 aliphatic rings. The first-order chi connectivity index (χ1) is 7.79. The van der Waals surface area contributed by atoms with Crippen molar-refractivity contribution >= 4 is 11.8 Å². The Morgan fingerprint density at radius 1 is 1.53 bits per heavy atom. The van der Waals surface area contributed by atoms with Gasteiger partial charge in [0.2, 0.25) is 11.8 Å². The van der Waals surface area contributed by atoms with E-state index in [4.69, 9.17) is 5.73 Å². The summed E-state index contributed by atoms with van der Waals surface area (Å²) in [6.07, 6.45) is 2.02. The van der Waals surface area contributed by atoms with Crippen molar-refractivity contribution in [3.05, 3.63) is 0 Å². The number of likely N-dealkylation sites (tertiary alicyclic amines) is 1. The maximum atomic E-state index is 11.7. The summed E-state index contributed by atoms with van der Waals surface area (Å²) in [6, 6.07) is -0.380. The molecule has 1 unspecified atom stereocenters. The monoisotopic (exact) mass is 241 g/mol. The predicted molar refractivity (Wildman–Crippen MR) is 66.3 cm³/mol. The van der Waals surface area contributed by atoms with Crippen LogP contribution in [-0.4, -0.2) is 41.4 Å². The molecule has 1 atom stereocenters. The van der Waals surface area contributed by atoms with Crippen molar-refractivity contribution in [2.75, 3.05) is 13.1 Å². The van der Waals surface area contributed by atoms with E-state index in [2.05, 4.69) is 5.32 Å². The van der Waals surface area contributed by atoms with Crippen LogP contribution in [0.5, 0.6) is 0 Å². The molecule has 17 heavy (non-hydrogen) atoms. The van der Waals surface area contributed by atoms with Crippen molar-refractivity contribution < 1.29 is 9.59 Å². The lowest BCUT2D eigenvalue weighted by Gasteiger charge is -2.30. The van der Waals surface area contributed by atoms with E-state index in [1.54, 1.807) is 4.90 Å². The topological polar surface area (TPSA) is 75.4 Å². The van der Waals surface area contributed by atoms with Crippen molar-refractivity contribution in [3.63, 3.8) is 0 Å². The molecule has 0 aliphatic carbocycles. The number of nitrogens with two attached hydrogens (primary N) is 1. The molecule has 1 saturated heterocycles. The van der Waals surface area contributed by atoms with Gasteiger partial charge in [0.1, 0.15) is 0 Å². The zero-order chi connectivity index (χ0) is 13.1. The fourth-order valence-electron chi connectivity index (χ4n) is 1.91. The smallest absolute Gasteiger partial charge is 0.239 e. The Bertz CT molecular complexity index is 297. The third kappa shape index (κ3) is 4.73. The van der Waals surface area contributed by atoms with Gasteiger partial charge < -0.3 is 16.0 Å². The first kappa shape index (κ1) is 14.0. The van der Waals surface area contributed by atoms with Crippen LogP contribution in [0.2, 0.25) is 0 Å². The van der Waals surface area contributed by atoms with Gasteiger partial charge in [-0.25, -0.2) is 0 Å². The second-order valence-corrected chi connectivity index (χ2v) is 5.62.